The van der Waals surface area contributed by atoms with Crippen molar-refractivity contribution in [3.8, 4) is 10.6 Å². The highest BCUT2D eigenvalue weighted by Crippen LogP contribution is 2.48. The summed E-state index contributed by atoms with van der Waals surface area (Å²) in [5.41, 5.74) is 4.37. The summed E-state index contributed by atoms with van der Waals surface area (Å²) in [6.07, 6.45) is 5.66. The number of thiophene rings is 2. The van der Waals surface area contributed by atoms with E-state index in [4.69, 9.17) is 4.84 Å². The van der Waals surface area contributed by atoms with Crippen molar-refractivity contribution >= 4 is 46.1 Å². The number of carbonyl (C=O) groups excluding carboxylic acids is 1. The zero-order chi connectivity index (χ0) is 19.9. The number of thioether (sulfide) groups is 1. The predicted octanol–water partition coefficient (Wildman–Crippen LogP) is 5.41. The molecule has 0 aliphatic heterocycles. The van der Waals surface area contributed by atoms with Gasteiger partial charge in [-0.3, -0.25) is 4.79 Å². The first-order chi connectivity index (χ1) is 13.4. The summed E-state index contributed by atoms with van der Waals surface area (Å²) >= 11 is 4.87. The second-order valence-corrected chi connectivity index (χ2v) is 10.5. The molecular weight excluding hydrogens is 410 g/mol. The fraction of sp³-hybridized carbons (Fsp3) is 0.350. The molecule has 146 valence electrons. The zero-order valence-electron chi connectivity index (χ0n) is 16.2. The first-order valence-electron chi connectivity index (χ1n) is 8.88. The van der Waals surface area contributed by atoms with Gasteiger partial charge in [-0.15, -0.1) is 34.4 Å². The van der Waals surface area contributed by atoms with Gasteiger partial charge in [-0.1, -0.05) is 25.1 Å². The van der Waals surface area contributed by atoms with Crippen LogP contribution in [0.1, 0.15) is 41.1 Å². The predicted molar refractivity (Wildman–Crippen MR) is 117 cm³/mol. The Bertz CT molecular complexity index is 1050. The van der Waals surface area contributed by atoms with Gasteiger partial charge in [0.25, 0.3) is 5.91 Å². The SMILES string of the molecule is CO/N=C1\CC(C)(C)Cc2c(-c3ccn(C(=O)c4cccs4)n3)sc(SC)c21. The lowest BCUT2D eigenvalue weighted by atomic mass is 9.74. The summed E-state index contributed by atoms with van der Waals surface area (Å²) in [5.74, 6) is -0.0984. The Kier molecular flexibility index (Phi) is 5.20. The molecule has 4 rings (SSSR count). The number of hydrogen-bond acceptors (Lipinski definition) is 7. The van der Waals surface area contributed by atoms with Gasteiger partial charge in [0.15, 0.2) is 0 Å². The minimum Gasteiger partial charge on any atom is -0.399 e. The minimum absolute atomic E-state index is 0.0885. The summed E-state index contributed by atoms with van der Waals surface area (Å²) in [4.78, 5) is 19.6. The Morgan fingerprint density at radius 2 is 2.18 bits per heavy atom. The Morgan fingerprint density at radius 1 is 1.36 bits per heavy atom. The minimum atomic E-state index is -0.0984. The van der Waals surface area contributed by atoms with E-state index in [0.29, 0.717) is 4.88 Å². The molecule has 0 saturated heterocycles. The first kappa shape index (κ1) is 19.4. The summed E-state index contributed by atoms with van der Waals surface area (Å²) in [6.45, 7) is 4.50. The molecule has 3 heterocycles. The third-order valence-electron chi connectivity index (χ3n) is 4.71. The molecule has 0 atom stereocenters. The molecule has 28 heavy (non-hydrogen) atoms. The van der Waals surface area contributed by atoms with Gasteiger partial charge in [0, 0.05) is 11.8 Å². The van der Waals surface area contributed by atoms with Crippen LogP contribution in [0.25, 0.3) is 10.6 Å². The lowest BCUT2D eigenvalue weighted by molar-refractivity contribution is 0.0949. The van der Waals surface area contributed by atoms with Crippen LogP contribution in [0.2, 0.25) is 0 Å². The molecule has 0 N–H and O–H groups in total. The number of hydrogen-bond donors (Lipinski definition) is 0. The number of aromatic nitrogens is 2. The van der Waals surface area contributed by atoms with Crippen LogP contribution in [0.15, 0.2) is 39.1 Å². The Balaban J connectivity index is 1.80. The number of fused-ring (bicyclic) bond motifs is 1. The van der Waals surface area contributed by atoms with Gasteiger partial charge < -0.3 is 4.84 Å². The van der Waals surface area contributed by atoms with Crippen molar-refractivity contribution in [2.75, 3.05) is 13.4 Å². The molecule has 0 amide bonds. The van der Waals surface area contributed by atoms with Gasteiger partial charge >= 0.3 is 0 Å². The van der Waals surface area contributed by atoms with Gasteiger partial charge in [0.2, 0.25) is 0 Å². The van der Waals surface area contributed by atoms with Crippen molar-refractivity contribution in [2.45, 2.75) is 30.9 Å². The number of oxime groups is 1. The van der Waals surface area contributed by atoms with Crippen LogP contribution >= 0.6 is 34.4 Å². The summed E-state index contributed by atoms with van der Waals surface area (Å²) in [7, 11) is 1.60. The van der Waals surface area contributed by atoms with E-state index in [1.807, 2.05) is 23.6 Å². The Morgan fingerprint density at radius 3 is 2.86 bits per heavy atom. The van der Waals surface area contributed by atoms with E-state index in [1.54, 1.807) is 36.4 Å². The topological polar surface area (TPSA) is 56.5 Å². The molecule has 5 nitrogen and oxygen atoms in total. The molecule has 0 saturated carbocycles. The fourth-order valence-corrected chi connectivity index (χ4v) is 6.32. The lowest BCUT2D eigenvalue weighted by Crippen LogP contribution is -2.27. The van der Waals surface area contributed by atoms with E-state index in [2.05, 4.69) is 30.4 Å². The van der Waals surface area contributed by atoms with Crippen LogP contribution in [0, 0.1) is 5.41 Å². The van der Waals surface area contributed by atoms with Crippen LogP contribution < -0.4 is 0 Å². The van der Waals surface area contributed by atoms with Crippen molar-refractivity contribution in [3.05, 3.63) is 45.8 Å². The third kappa shape index (κ3) is 3.44. The smallest absolute Gasteiger partial charge is 0.288 e. The highest BCUT2D eigenvalue weighted by atomic mass is 32.2. The highest BCUT2D eigenvalue weighted by Gasteiger charge is 2.36. The molecule has 0 aromatic carbocycles. The summed E-state index contributed by atoms with van der Waals surface area (Å²) in [6, 6.07) is 5.63. The normalized spacial score (nSPS) is 16.9. The van der Waals surface area contributed by atoms with E-state index in [9.17, 15) is 4.79 Å². The standard InChI is InChI=1S/C20H21N3O2S3/c1-20(2)10-12-16(14(11-20)22-25-3)19(26-4)28-17(12)13-7-8-23(21-13)18(24)15-6-5-9-27-15/h5-9H,10-11H2,1-4H3/b22-14+. The van der Waals surface area contributed by atoms with Crippen LogP contribution in [-0.2, 0) is 11.3 Å². The molecule has 0 fully saturated rings. The number of nitrogens with zero attached hydrogens (tertiary/aromatic N) is 3. The maximum absolute atomic E-state index is 12.6. The molecule has 0 spiro atoms. The molecular formula is C20H21N3O2S3. The van der Waals surface area contributed by atoms with Crippen LogP contribution in [0.3, 0.4) is 0 Å². The molecule has 0 bridgehead atoms. The second kappa shape index (κ2) is 7.50. The molecule has 1 aliphatic carbocycles. The third-order valence-corrected chi connectivity index (χ3v) is 7.95. The quantitative estimate of drug-likeness (QED) is 0.410. The molecule has 0 radical (unpaired) electrons. The van der Waals surface area contributed by atoms with Gasteiger partial charge in [-0.25, -0.2) is 4.68 Å². The van der Waals surface area contributed by atoms with Crippen LogP contribution in [-0.4, -0.2) is 34.8 Å². The van der Waals surface area contributed by atoms with E-state index < -0.39 is 0 Å². The zero-order valence-corrected chi connectivity index (χ0v) is 18.6. The number of rotatable bonds is 4. The molecule has 3 aromatic heterocycles. The van der Waals surface area contributed by atoms with E-state index in [0.717, 1.165) is 29.1 Å². The van der Waals surface area contributed by atoms with E-state index in [1.165, 1.54) is 31.4 Å². The molecule has 1 aliphatic rings. The van der Waals surface area contributed by atoms with Gasteiger partial charge in [0.1, 0.15) is 12.8 Å². The van der Waals surface area contributed by atoms with Gasteiger partial charge in [-0.05, 0) is 47.6 Å². The van der Waals surface area contributed by atoms with Gasteiger partial charge in [0.05, 0.1) is 19.7 Å². The van der Waals surface area contributed by atoms with Crippen molar-refractivity contribution in [3.63, 3.8) is 0 Å². The summed E-state index contributed by atoms with van der Waals surface area (Å²) in [5, 5.41) is 10.8. The van der Waals surface area contributed by atoms with Crippen molar-refractivity contribution < 1.29 is 9.63 Å². The summed E-state index contributed by atoms with van der Waals surface area (Å²) < 4.78 is 2.65. The van der Waals surface area contributed by atoms with E-state index in [-0.39, 0.29) is 11.3 Å². The monoisotopic (exact) mass is 431 g/mol. The maximum Gasteiger partial charge on any atom is 0.288 e. The van der Waals surface area contributed by atoms with Crippen molar-refractivity contribution in [1.82, 2.24) is 9.78 Å². The largest absolute Gasteiger partial charge is 0.399 e. The highest BCUT2D eigenvalue weighted by molar-refractivity contribution is 8.00. The first-order valence-corrected chi connectivity index (χ1v) is 11.8. The Hall–Kier alpha value is -1.90. The maximum atomic E-state index is 12.6. The van der Waals surface area contributed by atoms with Crippen LogP contribution in [0.5, 0.6) is 0 Å². The van der Waals surface area contributed by atoms with Crippen molar-refractivity contribution in [2.24, 2.45) is 10.6 Å². The van der Waals surface area contributed by atoms with E-state index >= 15 is 0 Å². The van der Waals surface area contributed by atoms with Crippen molar-refractivity contribution in [1.29, 1.82) is 0 Å². The van der Waals surface area contributed by atoms with Crippen LogP contribution in [0.4, 0.5) is 0 Å². The van der Waals surface area contributed by atoms with Gasteiger partial charge in [-0.2, -0.15) is 5.10 Å². The fourth-order valence-electron chi connectivity index (χ4n) is 3.60. The number of carbonyl (C=O) groups is 1. The molecule has 8 heteroatoms. The Labute approximate surface area is 176 Å². The lowest BCUT2D eigenvalue weighted by Gasteiger charge is -2.31. The average molecular weight is 432 g/mol. The average Bonchev–Trinajstić information content (AvgIpc) is 3.39. The molecule has 3 aromatic rings. The second-order valence-electron chi connectivity index (χ2n) is 7.44. The molecule has 0 unspecified atom stereocenters.